The van der Waals surface area contributed by atoms with Crippen molar-refractivity contribution in [2.45, 2.75) is 29.5 Å². The van der Waals surface area contributed by atoms with Crippen molar-refractivity contribution >= 4 is 11.8 Å². The van der Waals surface area contributed by atoms with Gasteiger partial charge in [-0.3, -0.25) is 4.90 Å². The van der Waals surface area contributed by atoms with Gasteiger partial charge in [-0.2, -0.15) is 0 Å². The summed E-state index contributed by atoms with van der Waals surface area (Å²) in [5.41, 5.74) is 1.55. The molecule has 3 rings (SSSR count). The average Bonchev–Trinajstić information content (AvgIpc) is 2.74. The van der Waals surface area contributed by atoms with Gasteiger partial charge in [-0.1, -0.05) is 18.2 Å². The number of benzene rings is 1. The highest BCUT2D eigenvalue weighted by Crippen LogP contribution is 2.37. The Morgan fingerprint density at radius 1 is 1.41 bits per heavy atom. The number of nitrogens with one attached hydrogen (secondary N) is 1. The average molecular weight is 248 g/mol. The van der Waals surface area contributed by atoms with E-state index in [1.54, 1.807) is 5.56 Å². The second-order valence-corrected chi connectivity index (χ2v) is 6.44. The highest BCUT2D eigenvalue weighted by Gasteiger charge is 2.26. The molecule has 17 heavy (non-hydrogen) atoms. The van der Waals surface area contributed by atoms with Crippen molar-refractivity contribution in [3.05, 3.63) is 29.8 Å². The van der Waals surface area contributed by atoms with Crippen molar-refractivity contribution in [2.75, 3.05) is 26.2 Å². The lowest BCUT2D eigenvalue weighted by Gasteiger charge is -2.35. The minimum atomic E-state index is 0.688. The molecule has 0 saturated carbocycles. The number of rotatable bonds is 2. The Morgan fingerprint density at radius 3 is 3.12 bits per heavy atom. The van der Waals surface area contributed by atoms with E-state index >= 15 is 0 Å². The summed E-state index contributed by atoms with van der Waals surface area (Å²) < 4.78 is 0. The van der Waals surface area contributed by atoms with E-state index in [1.807, 2.05) is 0 Å². The van der Waals surface area contributed by atoms with Crippen LogP contribution in [0.25, 0.3) is 0 Å². The summed E-state index contributed by atoms with van der Waals surface area (Å²) in [4.78, 5) is 4.14. The van der Waals surface area contributed by atoms with Crippen molar-refractivity contribution < 1.29 is 0 Å². The van der Waals surface area contributed by atoms with Crippen LogP contribution in [-0.4, -0.2) is 42.4 Å². The SMILES string of the molecule is C[C@@H]1CNCCN1CC1Cc2ccccc2S1. The van der Waals surface area contributed by atoms with Gasteiger partial charge < -0.3 is 5.32 Å². The second kappa shape index (κ2) is 5.01. The van der Waals surface area contributed by atoms with Crippen molar-refractivity contribution in [1.82, 2.24) is 10.2 Å². The van der Waals surface area contributed by atoms with Gasteiger partial charge in [-0.15, -0.1) is 11.8 Å². The molecule has 1 fully saturated rings. The topological polar surface area (TPSA) is 15.3 Å². The maximum Gasteiger partial charge on any atom is 0.0263 e. The Labute approximate surface area is 108 Å². The predicted octanol–water partition coefficient (Wildman–Crippen LogP) is 2.00. The number of fused-ring (bicyclic) bond motifs is 1. The number of nitrogens with zero attached hydrogens (tertiary/aromatic N) is 1. The molecule has 0 bridgehead atoms. The Hall–Kier alpha value is -0.510. The first-order chi connectivity index (χ1) is 8.33. The van der Waals surface area contributed by atoms with Crippen LogP contribution in [0.3, 0.4) is 0 Å². The van der Waals surface area contributed by atoms with Gasteiger partial charge in [0, 0.05) is 42.4 Å². The van der Waals surface area contributed by atoms with E-state index in [0.29, 0.717) is 6.04 Å². The molecule has 3 heteroatoms. The van der Waals surface area contributed by atoms with Crippen LogP contribution in [0.2, 0.25) is 0 Å². The number of thioether (sulfide) groups is 1. The lowest BCUT2D eigenvalue weighted by atomic mass is 10.1. The van der Waals surface area contributed by atoms with Crippen LogP contribution in [0.5, 0.6) is 0 Å². The smallest absolute Gasteiger partial charge is 0.0263 e. The zero-order valence-electron chi connectivity index (χ0n) is 10.4. The maximum atomic E-state index is 3.46. The molecule has 1 saturated heterocycles. The summed E-state index contributed by atoms with van der Waals surface area (Å²) in [7, 11) is 0. The van der Waals surface area contributed by atoms with Crippen LogP contribution >= 0.6 is 11.8 Å². The predicted molar refractivity (Wildman–Crippen MR) is 73.7 cm³/mol. The molecule has 2 nitrogen and oxygen atoms in total. The third-order valence-corrected chi connectivity index (χ3v) is 5.09. The molecule has 0 spiro atoms. The van der Waals surface area contributed by atoms with Crippen molar-refractivity contribution in [3.8, 4) is 0 Å². The van der Waals surface area contributed by atoms with E-state index in [4.69, 9.17) is 0 Å². The molecule has 2 aliphatic rings. The standard InChI is InChI=1S/C14H20N2S/c1-11-9-15-6-7-16(11)10-13-8-12-4-2-3-5-14(12)17-13/h2-5,11,13,15H,6-10H2,1H3/t11-,13?/m1/s1. The lowest BCUT2D eigenvalue weighted by molar-refractivity contribution is 0.175. The molecule has 0 aliphatic carbocycles. The lowest BCUT2D eigenvalue weighted by Crippen LogP contribution is -2.51. The zero-order valence-corrected chi connectivity index (χ0v) is 11.2. The van der Waals surface area contributed by atoms with Gasteiger partial charge in [-0.05, 0) is 25.0 Å². The third kappa shape index (κ3) is 2.51. The van der Waals surface area contributed by atoms with Gasteiger partial charge in [0.15, 0.2) is 0 Å². The summed E-state index contributed by atoms with van der Waals surface area (Å²) in [6.45, 7) is 7.06. The van der Waals surface area contributed by atoms with E-state index in [9.17, 15) is 0 Å². The summed E-state index contributed by atoms with van der Waals surface area (Å²) >= 11 is 2.07. The first-order valence-corrected chi connectivity index (χ1v) is 7.40. The van der Waals surface area contributed by atoms with Crippen LogP contribution in [-0.2, 0) is 6.42 Å². The molecular formula is C14H20N2S. The number of hydrogen-bond donors (Lipinski definition) is 1. The van der Waals surface area contributed by atoms with Crippen LogP contribution < -0.4 is 5.32 Å². The monoisotopic (exact) mass is 248 g/mol. The summed E-state index contributed by atoms with van der Waals surface area (Å²) in [5.74, 6) is 0. The molecule has 0 aromatic heterocycles. The fraction of sp³-hybridized carbons (Fsp3) is 0.571. The molecule has 2 aliphatic heterocycles. The zero-order chi connectivity index (χ0) is 11.7. The fourth-order valence-corrected chi connectivity index (χ4v) is 4.12. The minimum Gasteiger partial charge on any atom is -0.314 e. The van der Waals surface area contributed by atoms with Crippen LogP contribution in [0.1, 0.15) is 12.5 Å². The fourth-order valence-electron chi connectivity index (χ4n) is 2.77. The third-order valence-electron chi connectivity index (χ3n) is 3.79. The molecule has 1 unspecified atom stereocenters. The molecule has 0 amide bonds. The first kappa shape index (κ1) is 11.6. The molecule has 92 valence electrons. The molecule has 1 aromatic carbocycles. The van der Waals surface area contributed by atoms with E-state index in [1.165, 1.54) is 24.4 Å². The number of piperazine rings is 1. The molecule has 2 heterocycles. The summed E-state index contributed by atoms with van der Waals surface area (Å²) in [6.07, 6.45) is 1.25. The second-order valence-electron chi connectivity index (χ2n) is 5.10. The first-order valence-electron chi connectivity index (χ1n) is 6.52. The largest absolute Gasteiger partial charge is 0.314 e. The Kier molecular flexibility index (Phi) is 3.41. The van der Waals surface area contributed by atoms with E-state index in [2.05, 4.69) is 53.2 Å². The Bertz CT molecular complexity index is 369. The van der Waals surface area contributed by atoms with E-state index in [0.717, 1.165) is 18.3 Å². The van der Waals surface area contributed by atoms with Gasteiger partial charge in [-0.25, -0.2) is 0 Å². The molecule has 2 atom stereocenters. The molecule has 0 radical (unpaired) electrons. The normalized spacial score (nSPS) is 29.2. The van der Waals surface area contributed by atoms with Crippen LogP contribution in [0.4, 0.5) is 0 Å². The van der Waals surface area contributed by atoms with Gasteiger partial charge in [0.25, 0.3) is 0 Å². The van der Waals surface area contributed by atoms with Gasteiger partial charge >= 0.3 is 0 Å². The maximum absolute atomic E-state index is 3.46. The van der Waals surface area contributed by atoms with Crippen LogP contribution in [0, 0.1) is 0 Å². The molecular weight excluding hydrogens is 228 g/mol. The Morgan fingerprint density at radius 2 is 2.29 bits per heavy atom. The molecule has 1 aromatic rings. The highest BCUT2D eigenvalue weighted by atomic mass is 32.2. The summed E-state index contributed by atoms with van der Waals surface area (Å²) in [6, 6.07) is 9.55. The van der Waals surface area contributed by atoms with E-state index < -0.39 is 0 Å². The number of hydrogen-bond acceptors (Lipinski definition) is 3. The Balaban J connectivity index is 1.61. The van der Waals surface area contributed by atoms with Gasteiger partial charge in [0.1, 0.15) is 0 Å². The quantitative estimate of drug-likeness (QED) is 0.862. The minimum absolute atomic E-state index is 0.688. The van der Waals surface area contributed by atoms with E-state index in [-0.39, 0.29) is 0 Å². The van der Waals surface area contributed by atoms with Crippen molar-refractivity contribution in [3.63, 3.8) is 0 Å². The van der Waals surface area contributed by atoms with Gasteiger partial charge in [0.05, 0.1) is 0 Å². The summed E-state index contributed by atoms with van der Waals surface area (Å²) in [5, 5.41) is 4.22. The van der Waals surface area contributed by atoms with Crippen molar-refractivity contribution in [1.29, 1.82) is 0 Å². The van der Waals surface area contributed by atoms with Gasteiger partial charge in [0.2, 0.25) is 0 Å². The molecule has 1 N–H and O–H groups in total. The highest BCUT2D eigenvalue weighted by molar-refractivity contribution is 8.00. The van der Waals surface area contributed by atoms with Crippen molar-refractivity contribution in [2.24, 2.45) is 0 Å². The van der Waals surface area contributed by atoms with Crippen LogP contribution in [0.15, 0.2) is 29.2 Å².